The number of hydrogen-bond donors (Lipinski definition) is 1. The van der Waals surface area contributed by atoms with E-state index in [0.29, 0.717) is 28.6 Å². The number of rotatable bonds is 6. The van der Waals surface area contributed by atoms with Crippen molar-refractivity contribution in [2.75, 3.05) is 11.9 Å². The minimum Gasteiger partial charge on any atom is -0.326 e. The Balaban J connectivity index is 1.31. The lowest BCUT2D eigenvalue weighted by Crippen LogP contribution is -2.29. The first-order valence-corrected chi connectivity index (χ1v) is 11.3. The SMILES string of the molecule is Cc1ccc(/C=C2\SC(=S)N(CCCC(=O)Nc3ccc4ccccc4c3)C2=O)cc1. The maximum absolute atomic E-state index is 12.7. The lowest BCUT2D eigenvalue weighted by molar-refractivity contribution is -0.122. The lowest BCUT2D eigenvalue weighted by atomic mass is 10.1. The van der Waals surface area contributed by atoms with Gasteiger partial charge in [-0.15, -0.1) is 0 Å². The summed E-state index contributed by atoms with van der Waals surface area (Å²) in [4.78, 5) is 27.3. The van der Waals surface area contributed by atoms with Gasteiger partial charge in [0.25, 0.3) is 5.91 Å². The van der Waals surface area contributed by atoms with Crippen LogP contribution in [-0.2, 0) is 9.59 Å². The molecule has 0 saturated carbocycles. The van der Waals surface area contributed by atoms with Crippen molar-refractivity contribution in [2.24, 2.45) is 0 Å². The third-order valence-corrected chi connectivity index (χ3v) is 6.45. The topological polar surface area (TPSA) is 49.4 Å². The summed E-state index contributed by atoms with van der Waals surface area (Å²) in [6.07, 6.45) is 2.73. The third kappa shape index (κ3) is 5.21. The van der Waals surface area contributed by atoms with Gasteiger partial charge >= 0.3 is 0 Å². The summed E-state index contributed by atoms with van der Waals surface area (Å²) in [6.45, 7) is 2.46. The smallest absolute Gasteiger partial charge is 0.266 e. The zero-order valence-electron chi connectivity index (χ0n) is 17.1. The average molecular weight is 447 g/mol. The van der Waals surface area contributed by atoms with Crippen LogP contribution >= 0.6 is 24.0 Å². The van der Waals surface area contributed by atoms with E-state index in [-0.39, 0.29) is 11.8 Å². The second kappa shape index (κ2) is 9.45. The number of nitrogens with zero attached hydrogens (tertiary/aromatic N) is 1. The molecule has 0 aromatic heterocycles. The highest BCUT2D eigenvalue weighted by molar-refractivity contribution is 8.26. The molecule has 1 aliphatic rings. The molecule has 6 heteroatoms. The molecule has 2 amide bonds. The number of carbonyl (C=O) groups excluding carboxylic acids is 2. The van der Waals surface area contributed by atoms with Gasteiger partial charge in [-0.1, -0.05) is 84.1 Å². The number of thiocarbonyl (C=S) groups is 1. The van der Waals surface area contributed by atoms with Crippen LogP contribution in [0, 0.1) is 6.92 Å². The number of carbonyl (C=O) groups is 2. The standard InChI is InChI=1S/C25H22N2O2S2/c1-17-8-10-18(11-9-17)15-22-24(29)27(25(30)31-22)14-4-7-23(28)26-21-13-12-19-5-2-3-6-20(19)16-21/h2-3,5-6,8-13,15-16H,4,7,14H2,1H3,(H,26,28)/b22-15-. The maximum atomic E-state index is 12.7. The van der Waals surface area contributed by atoms with Crippen LogP contribution in [0.25, 0.3) is 16.8 Å². The summed E-state index contributed by atoms with van der Waals surface area (Å²) >= 11 is 6.70. The van der Waals surface area contributed by atoms with Gasteiger partial charge in [0.2, 0.25) is 5.91 Å². The van der Waals surface area contributed by atoms with E-state index in [2.05, 4.69) is 5.32 Å². The van der Waals surface area contributed by atoms with Gasteiger partial charge in [-0.05, 0) is 47.9 Å². The summed E-state index contributed by atoms with van der Waals surface area (Å²) in [5.41, 5.74) is 2.92. The molecule has 0 unspecified atom stereocenters. The summed E-state index contributed by atoms with van der Waals surface area (Å²) < 4.78 is 0.540. The minimum absolute atomic E-state index is 0.0732. The fourth-order valence-corrected chi connectivity index (χ4v) is 4.70. The monoisotopic (exact) mass is 446 g/mol. The number of hydrogen-bond acceptors (Lipinski definition) is 4. The third-order valence-electron chi connectivity index (χ3n) is 5.07. The van der Waals surface area contributed by atoms with Crippen molar-refractivity contribution in [3.8, 4) is 0 Å². The zero-order valence-corrected chi connectivity index (χ0v) is 18.8. The number of nitrogens with one attached hydrogen (secondary N) is 1. The van der Waals surface area contributed by atoms with Crippen LogP contribution in [0.15, 0.2) is 71.6 Å². The number of amides is 2. The van der Waals surface area contributed by atoms with E-state index in [0.717, 1.165) is 22.0 Å². The Morgan fingerprint density at radius 1 is 1.06 bits per heavy atom. The molecule has 0 spiro atoms. The van der Waals surface area contributed by atoms with E-state index >= 15 is 0 Å². The van der Waals surface area contributed by atoms with Gasteiger partial charge in [0.1, 0.15) is 4.32 Å². The Hall–Kier alpha value is -2.96. The van der Waals surface area contributed by atoms with Gasteiger partial charge < -0.3 is 5.32 Å². The van der Waals surface area contributed by atoms with E-state index in [1.54, 1.807) is 4.90 Å². The van der Waals surface area contributed by atoms with Gasteiger partial charge in [0.05, 0.1) is 4.91 Å². The van der Waals surface area contributed by atoms with Crippen molar-refractivity contribution in [3.63, 3.8) is 0 Å². The van der Waals surface area contributed by atoms with Crippen molar-refractivity contribution in [2.45, 2.75) is 19.8 Å². The molecular weight excluding hydrogens is 424 g/mol. The summed E-state index contributed by atoms with van der Waals surface area (Å²) in [6, 6.07) is 21.9. The zero-order chi connectivity index (χ0) is 21.8. The van der Waals surface area contributed by atoms with Gasteiger partial charge in [-0.25, -0.2) is 0 Å². The average Bonchev–Trinajstić information content (AvgIpc) is 3.02. The normalized spacial score (nSPS) is 15.1. The first-order valence-electron chi connectivity index (χ1n) is 10.1. The van der Waals surface area contributed by atoms with Gasteiger partial charge in [-0.3, -0.25) is 14.5 Å². The second-order valence-electron chi connectivity index (χ2n) is 7.46. The fraction of sp³-hybridized carbons (Fsp3) is 0.160. The lowest BCUT2D eigenvalue weighted by Gasteiger charge is -2.14. The van der Waals surface area contributed by atoms with Crippen LogP contribution in [0.4, 0.5) is 5.69 Å². The molecule has 1 heterocycles. The highest BCUT2D eigenvalue weighted by atomic mass is 32.2. The molecule has 1 saturated heterocycles. The van der Waals surface area contributed by atoms with Crippen molar-refractivity contribution in [1.29, 1.82) is 0 Å². The first kappa shape index (κ1) is 21.3. The molecule has 0 bridgehead atoms. The molecule has 0 radical (unpaired) electrons. The largest absolute Gasteiger partial charge is 0.326 e. The van der Waals surface area contributed by atoms with Gasteiger partial charge in [-0.2, -0.15) is 0 Å². The summed E-state index contributed by atoms with van der Waals surface area (Å²) in [5, 5.41) is 5.15. The highest BCUT2D eigenvalue weighted by Crippen LogP contribution is 2.32. The second-order valence-corrected chi connectivity index (χ2v) is 9.13. The van der Waals surface area contributed by atoms with Crippen molar-refractivity contribution < 1.29 is 9.59 Å². The fourth-order valence-electron chi connectivity index (χ4n) is 3.40. The van der Waals surface area contributed by atoms with Crippen LogP contribution < -0.4 is 5.32 Å². The van der Waals surface area contributed by atoms with E-state index < -0.39 is 0 Å². The molecule has 1 N–H and O–H groups in total. The highest BCUT2D eigenvalue weighted by Gasteiger charge is 2.31. The molecule has 0 atom stereocenters. The number of thioether (sulfide) groups is 1. The van der Waals surface area contributed by atoms with Crippen molar-refractivity contribution in [3.05, 3.63) is 82.8 Å². The van der Waals surface area contributed by atoms with Crippen LogP contribution in [0.2, 0.25) is 0 Å². The molecule has 4 rings (SSSR count). The minimum atomic E-state index is -0.0921. The Kier molecular flexibility index (Phi) is 6.49. The molecule has 1 fully saturated rings. The molecular formula is C25H22N2O2S2. The number of anilines is 1. The molecule has 4 nitrogen and oxygen atoms in total. The molecule has 31 heavy (non-hydrogen) atoms. The Bertz CT molecular complexity index is 1190. The van der Waals surface area contributed by atoms with Crippen LogP contribution in [0.5, 0.6) is 0 Å². The van der Waals surface area contributed by atoms with Crippen molar-refractivity contribution in [1.82, 2.24) is 4.90 Å². The number of aryl methyl sites for hydroxylation is 1. The summed E-state index contributed by atoms with van der Waals surface area (Å²) in [7, 11) is 0. The van der Waals surface area contributed by atoms with Crippen LogP contribution in [-0.4, -0.2) is 27.6 Å². The molecule has 0 aliphatic carbocycles. The Morgan fingerprint density at radius 2 is 1.81 bits per heavy atom. The first-order chi connectivity index (χ1) is 15.0. The van der Waals surface area contributed by atoms with E-state index in [9.17, 15) is 9.59 Å². The molecule has 1 aliphatic heterocycles. The van der Waals surface area contributed by atoms with Gasteiger partial charge in [0.15, 0.2) is 0 Å². The summed E-state index contributed by atoms with van der Waals surface area (Å²) in [5.74, 6) is -0.165. The van der Waals surface area contributed by atoms with E-state index in [4.69, 9.17) is 12.2 Å². The number of benzene rings is 3. The number of fused-ring (bicyclic) bond motifs is 1. The maximum Gasteiger partial charge on any atom is 0.266 e. The predicted molar refractivity (Wildman–Crippen MR) is 133 cm³/mol. The van der Waals surface area contributed by atoms with Crippen molar-refractivity contribution >= 4 is 62.7 Å². The van der Waals surface area contributed by atoms with E-state index in [1.165, 1.54) is 17.3 Å². The van der Waals surface area contributed by atoms with Crippen LogP contribution in [0.1, 0.15) is 24.0 Å². The molecule has 3 aromatic rings. The van der Waals surface area contributed by atoms with Gasteiger partial charge in [0, 0.05) is 18.7 Å². The predicted octanol–water partition coefficient (Wildman–Crippen LogP) is 5.77. The molecule has 3 aromatic carbocycles. The Labute approximate surface area is 191 Å². The molecule has 156 valence electrons. The van der Waals surface area contributed by atoms with E-state index in [1.807, 2.05) is 79.7 Å². The Morgan fingerprint density at radius 3 is 2.58 bits per heavy atom. The van der Waals surface area contributed by atoms with Crippen LogP contribution in [0.3, 0.4) is 0 Å². The quantitative estimate of drug-likeness (QED) is 0.386.